The second kappa shape index (κ2) is 3.13. The average Bonchev–Trinajstić information content (AvgIpc) is 2.04. The lowest BCUT2D eigenvalue weighted by atomic mass is 10.2. The van der Waals surface area contributed by atoms with Crippen LogP contribution in [0.1, 0.15) is 27.8 Å². The van der Waals surface area contributed by atoms with Gasteiger partial charge in [-0.15, -0.1) is 0 Å². The number of aromatic nitrogens is 1. The van der Waals surface area contributed by atoms with Crippen LogP contribution in [0.25, 0.3) is 0 Å². The molecule has 1 aromatic rings. The predicted octanol–water partition coefficient (Wildman–Crippen LogP) is 0.802. The van der Waals surface area contributed by atoms with Gasteiger partial charge in [0.15, 0.2) is 12.1 Å². The molecule has 1 heterocycles. The molecule has 0 aliphatic rings. The van der Waals surface area contributed by atoms with Gasteiger partial charge in [-0.3, -0.25) is 9.59 Å². The third-order valence-electron chi connectivity index (χ3n) is 1.42. The van der Waals surface area contributed by atoms with Crippen LogP contribution in [0, 0.1) is 0 Å². The molecule has 0 aliphatic heterocycles. The first-order chi connectivity index (χ1) is 5.65. The van der Waals surface area contributed by atoms with Crippen molar-refractivity contribution in [3.8, 4) is 5.75 Å². The molecule has 12 heavy (non-hydrogen) atoms. The van der Waals surface area contributed by atoms with Crippen LogP contribution in [-0.4, -0.2) is 22.2 Å². The summed E-state index contributed by atoms with van der Waals surface area (Å²) in [6.45, 7) is 1.36. The highest BCUT2D eigenvalue weighted by atomic mass is 16.3. The number of carbonyl (C=O) groups is 2. The van der Waals surface area contributed by atoms with E-state index >= 15 is 0 Å². The van der Waals surface area contributed by atoms with Gasteiger partial charge in [0.1, 0.15) is 11.4 Å². The van der Waals surface area contributed by atoms with Gasteiger partial charge in [0.05, 0.1) is 0 Å². The highest BCUT2D eigenvalue weighted by Gasteiger charge is 2.05. The molecule has 0 aliphatic carbocycles. The molecular weight excluding hydrogens is 158 g/mol. The van der Waals surface area contributed by atoms with Crippen molar-refractivity contribution in [3.05, 3.63) is 23.5 Å². The molecule has 62 valence electrons. The van der Waals surface area contributed by atoms with Crippen LogP contribution in [0.2, 0.25) is 0 Å². The van der Waals surface area contributed by atoms with E-state index in [1.54, 1.807) is 0 Å². The third kappa shape index (κ3) is 1.47. The molecular formula is C8H7NO3. The zero-order chi connectivity index (χ0) is 9.14. The number of rotatable bonds is 2. The average molecular weight is 165 g/mol. The number of hydrogen-bond acceptors (Lipinski definition) is 4. The van der Waals surface area contributed by atoms with Crippen LogP contribution in [0.3, 0.4) is 0 Å². The molecule has 0 saturated carbocycles. The first kappa shape index (κ1) is 8.39. The zero-order valence-electron chi connectivity index (χ0n) is 6.44. The van der Waals surface area contributed by atoms with Gasteiger partial charge in [0.25, 0.3) is 0 Å². The van der Waals surface area contributed by atoms with Crippen molar-refractivity contribution in [2.24, 2.45) is 0 Å². The summed E-state index contributed by atoms with van der Waals surface area (Å²) in [5.74, 6) is -0.465. The Morgan fingerprint density at radius 2 is 2.33 bits per heavy atom. The van der Waals surface area contributed by atoms with Crippen molar-refractivity contribution in [1.29, 1.82) is 0 Å². The molecule has 0 spiro atoms. The molecule has 0 unspecified atom stereocenters. The Morgan fingerprint density at radius 1 is 1.67 bits per heavy atom. The van der Waals surface area contributed by atoms with Crippen LogP contribution in [0.5, 0.6) is 5.75 Å². The summed E-state index contributed by atoms with van der Waals surface area (Å²) < 4.78 is 0. The summed E-state index contributed by atoms with van der Waals surface area (Å²) in [5, 5.41) is 9.09. The number of ketones is 1. The maximum absolute atomic E-state index is 10.8. The van der Waals surface area contributed by atoms with Crippen molar-refractivity contribution in [3.63, 3.8) is 0 Å². The molecule has 0 aromatic carbocycles. The van der Waals surface area contributed by atoms with Gasteiger partial charge in [-0.1, -0.05) is 0 Å². The second-order valence-corrected chi connectivity index (χ2v) is 2.30. The van der Waals surface area contributed by atoms with Crippen LogP contribution >= 0.6 is 0 Å². The number of aromatic hydroxyl groups is 1. The first-order valence-electron chi connectivity index (χ1n) is 3.30. The molecule has 0 amide bonds. The fraction of sp³-hybridized carbons (Fsp3) is 0.125. The summed E-state index contributed by atoms with van der Waals surface area (Å²) in [4.78, 5) is 24.5. The van der Waals surface area contributed by atoms with Crippen molar-refractivity contribution in [2.75, 3.05) is 0 Å². The largest absolute Gasteiger partial charge is 0.506 e. The van der Waals surface area contributed by atoms with Crippen LogP contribution < -0.4 is 0 Å². The Balaban J connectivity index is 3.18. The summed E-state index contributed by atoms with van der Waals surface area (Å²) in [6.07, 6.45) is 1.69. The van der Waals surface area contributed by atoms with Gasteiger partial charge in [-0.05, 0) is 13.0 Å². The number of Topliss-reactive ketones (excluding diaryl/α,β-unsaturated/α-hetero) is 1. The monoisotopic (exact) mass is 165 g/mol. The first-order valence-corrected chi connectivity index (χ1v) is 3.30. The van der Waals surface area contributed by atoms with Crippen molar-refractivity contribution < 1.29 is 14.7 Å². The third-order valence-corrected chi connectivity index (χ3v) is 1.42. The SMILES string of the molecule is CC(=O)c1cnc(C=O)c(O)c1. The van der Waals surface area contributed by atoms with Gasteiger partial charge in [-0.25, -0.2) is 4.98 Å². The number of aldehydes is 1. The lowest BCUT2D eigenvalue weighted by molar-refractivity contribution is 0.101. The van der Waals surface area contributed by atoms with E-state index in [2.05, 4.69) is 4.98 Å². The molecule has 0 saturated heterocycles. The summed E-state index contributed by atoms with van der Waals surface area (Å²) in [5.41, 5.74) is 0.234. The van der Waals surface area contributed by atoms with E-state index in [-0.39, 0.29) is 22.8 Å². The number of nitrogens with zero attached hydrogens (tertiary/aromatic N) is 1. The fourth-order valence-corrected chi connectivity index (χ4v) is 0.747. The molecule has 0 radical (unpaired) electrons. The van der Waals surface area contributed by atoms with Gasteiger partial charge in [0, 0.05) is 11.8 Å². The van der Waals surface area contributed by atoms with E-state index in [1.165, 1.54) is 19.2 Å². The van der Waals surface area contributed by atoms with Crippen LogP contribution in [0.4, 0.5) is 0 Å². The Hall–Kier alpha value is -1.71. The van der Waals surface area contributed by atoms with Gasteiger partial charge in [0.2, 0.25) is 0 Å². The van der Waals surface area contributed by atoms with Crippen molar-refractivity contribution in [1.82, 2.24) is 4.98 Å². The summed E-state index contributed by atoms with van der Waals surface area (Å²) >= 11 is 0. The van der Waals surface area contributed by atoms with E-state index < -0.39 is 0 Å². The summed E-state index contributed by atoms with van der Waals surface area (Å²) in [7, 11) is 0. The second-order valence-electron chi connectivity index (χ2n) is 2.30. The lowest BCUT2D eigenvalue weighted by Crippen LogP contribution is -1.95. The van der Waals surface area contributed by atoms with Crippen molar-refractivity contribution in [2.45, 2.75) is 6.92 Å². The van der Waals surface area contributed by atoms with E-state index in [9.17, 15) is 9.59 Å². The topological polar surface area (TPSA) is 67.3 Å². The molecule has 1 aromatic heterocycles. The van der Waals surface area contributed by atoms with E-state index in [0.29, 0.717) is 6.29 Å². The van der Waals surface area contributed by atoms with E-state index in [4.69, 9.17) is 5.11 Å². The van der Waals surface area contributed by atoms with Crippen LogP contribution in [-0.2, 0) is 0 Å². The minimum absolute atomic E-state index is 0.0556. The number of hydrogen-bond donors (Lipinski definition) is 1. The molecule has 0 fully saturated rings. The highest BCUT2D eigenvalue weighted by molar-refractivity contribution is 5.94. The number of pyridine rings is 1. The maximum atomic E-state index is 10.8. The lowest BCUT2D eigenvalue weighted by Gasteiger charge is -1.97. The summed E-state index contributed by atoms with van der Waals surface area (Å²) in [6, 6.07) is 1.22. The minimum Gasteiger partial charge on any atom is -0.506 e. The quantitative estimate of drug-likeness (QED) is 0.520. The molecule has 4 nitrogen and oxygen atoms in total. The maximum Gasteiger partial charge on any atom is 0.172 e. The van der Waals surface area contributed by atoms with E-state index in [0.717, 1.165) is 0 Å². The predicted molar refractivity (Wildman–Crippen MR) is 41.3 cm³/mol. The Bertz CT molecular complexity index is 333. The van der Waals surface area contributed by atoms with Crippen molar-refractivity contribution >= 4 is 12.1 Å². The normalized spacial score (nSPS) is 9.42. The van der Waals surface area contributed by atoms with Gasteiger partial charge in [-0.2, -0.15) is 0 Å². The zero-order valence-corrected chi connectivity index (χ0v) is 6.44. The minimum atomic E-state index is -0.266. The van der Waals surface area contributed by atoms with E-state index in [1.807, 2.05) is 0 Å². The Morgan fingerprint density at radius 3 is 2.75 bits per heavy atom. The van der Waals surface area contributed by atoms with Gasteiger partial charge >= 0.3 is 0 Å². The standard InChI is InChI=1S/C8H7NO3/c1-5(11)6-2-8(12)7(4-10)9-3-6/h2-4,12H,1H3. The van der Waals surface area contributed by atoms with Gasteiger partial charge < -0.3 is 5.11 Å². The molecule has 0 atom stereocenters. The molecule has 1 rings (SSSR count). The highest BCUT2D eigenvalue weighted by Crippen LogP contribution is 2.13. The Labute approximate surface area is 68.9 Å². The number of carbonyl (C=O) groups excluding carboxylic acids is 2. The molecule has 4 heteroatoms. The fourth-order valence-electron chi connectivity index (χ4n) is 0.747. The van der Waals surface area contributed by atoms with Crippen LogP contribution in [0.15, 0.2) is 12.3 Å². The molecule has 1 N–H and O–H groups in total. The smallest absolute Gasteiger partial charge is 0.172 e. The Kier molecular flexibility index (Phi) is 2.19. The molecule has 0 bridgehead atoms.